The summed E-state index contributed by atoms with van der Waals surface area (Å²) in [6.45, 7) is 2.50. The van der Waals surface area contributed by atoms with E-state index in [4.69, 9.17) is 4.74 Å². The van der Waals surface area contributed by atoms with Gasteiger partial charge in [0.05, 0.1) is 34.2 Å². The molecule has 2 aromatic rings. The lowest BCUT2D eigenvalue weighted by atomic mass is 10.1. The summed E-state index contributed by atoms with van der Waals surface area (Å²) in [5.74, 6) is 0.0282. The molecule has 0 bridgehead atoms. The largest absolute Gasteiger partial charge is 0.494 e. The number of carbonyl (C=O) groups is 1. The van der Waals surface area contributed by atoms with Crippen molar-refractivity contribution in [3.63, 3.8) is 0 Å². The van der Waals surface area contributed by atoms with Crippen molar-refractivity contribution in [1.82, 2.24) is 4.98 Å². The molecule has 1 unspecified atom stereocenters. The van der Waals surface area contributed by atoms with E-state index in [9.17, 15) is 13.2 Å². The van der Waals surface area contributed by atoms with Gasteiger partial charge in [-0.2, -0.15) is 0 Å². The molecular weight excluding hydrogens is 324 g/mol. The first-order valence-electron chi connectivity index (χ1n) is 7.01. The van der Waals surface area contributed by atoms with E-state index in [1.165, 1.54) is 11.3 Å². The molecule has 1 aliphatic heterocycles. The van der Waals surface area contributed by atoms with Gasteiger partial charge in [0, 0.05) is 0 Å². The molecule has 1 aliphatic rings. The first-order chi connectivity index (χ1) is 10.5. The van der Waals surface area contributed by atoms with E-state index in [1.54, 1.807) is 0 Å². The zero-order chi connectivity index (χ0) is 15.7. The zero-order valence-electron chi connectivity index (χ0n) is 12.0. The van der Waals surface area contributed by atoms with Gasteiger partial charge < -0.3 is 10.1 Å². The molecule has 6 nitrogen and oxygen atoms in total. The second-order valence-electron chi connectivity index (χ2n) is 5.17. The van der Waals surface area contributed by atoms with Gasteiger partial charge in [0.15, 0.2) is 15.0 Å². The normalized spacial score (nSPS) is 20.1. The molecule has 2 heterocycles. The van der Waals surface area contributed by atoms with Crippen LogP contribution in [0.1, 0.15) is 13.3 Å². The number of aromatic nitrogens is 1. The van der Waals surface area contributed by atoms with E-state index < -0.39 is 15.8 Å². The van der Waals surface area contributed by atoms with E-state index in [2.05, 4.69) is 10.3 Å². The van der Waals surface area contributed by atoms with Crippen molar-refractivity contribution >= 4 is 42.4 Å². The number of hydrogen-bond donors (Lipinski definition) is 1. The summed E-state index contributed by atoms with van der Waals surface area (Å²) in [6.07, 6.45) is 0.382. The highest BCUT2D eigenvalue weighted by Crippen LogP contribution is 2.30. The number of amides is 1. The Morgan fingerprint density at radius 2 is 2.32 bits per heavy atom. The van der Waals surface area contributed by atoms with Crippen LogP contribution in [-0.2, 0) is 14.6 Å². The van der Waals surface area contributed by atoms with Crippen molar-refractivity contribution in [2.45, 2.75) is 13.3 Å². The fourth-order valence-corrected chi connectivity index (χ4v) is 5.06. The van der Waals surface area contributed by atoms with Gasteiger partial charge in [0.25, 0.3) is 0 Å². The third-order valence-electron chi connectivity index (χ3n) is 3.50. The Bertz CT molecular complexity index is 813. The standard InChI is InChI=1S/C14H16N2O4S2/c1-2-20-10-3-4-11-12(7-10)21-14(15-11)16-13(17)9-5-6-22(18,19)8-9/h3-4,7,9H,2,5-6,8H2,1H3,(H,15,16,17). The average Bonchev–Trinajstić information content (AvgIpc) is 3.01. The third kappa shape index (κ3) is 3.22. The Labute approximate surface area is 132 Å². The van der Waals surface area contributed by atoms with Gasteiger partial charge in [-0.1, -0.05) is 11.3 Å². The minimum atomic E-state index is -3.06. The van der Waals surface area contributed by atoms with Gasteiger partial charge in [-0.05, 0) is 31.5 Å². The molecule has 1 N–H and O–H groups in total. The molecular formula is C14H16N2O4S2. The van der Waals surface area contributed by atoms with Crippen LogP contribution in [0.15, 0.2) is 18.2 Å². The van der Waals surface area contributed by atoms with Gasteiger partial charge in [0.2, 0.25) is 5.91 Å². The number of anilines is 1. The molecule has 0 spiro atoms. The van der Waals surface area contributed by atoms with Crippen LogP contribution in [0.2, 0.25) is 0 Å². The molecule has 1 atom stereocenters. The van der Waals surface area contributed by atoms with Crippen molar-refractivity contribution in [2.75, 3.05) is 23.4 Å². The smallest absolute Gasteiger partial charge is 0.230 e. The molecule has 0 saturated carbocycles. The minimum Gasteiger partial charge on any atom is -0.494 e. The van der Waals surface area contributed by atoms with E-state index in [-0.39, 0.29) is 17.4 Å². The number of sulfone groups is 1. The molecule has 0 radical (unpaired) electrons. The first kappa shape index (κ1) is 15.2. The van der Waals surface area contributed by atoms with Crippen LogP contribution in [0.4, 0.5) is 5.13 Å². The van der Waals surface area contributed by atoms with Crippen molar-refractivity contribution in [3.05, 3.63) is 18.2 Å². The minimum absolute atomic E-state index is 0.0712. The predicted octanol–water partition coefficient (Wildman–Crippen LogP) is 2.07. The van der Waals surface area contributed by atoms with E-state index in [0.29, 0.717) is 18.2 Å². The highest BCUT2D eigenvalue weighted by molar-refractivity contribution is 7.91. The van der Waals surface area contributed by atoms with Crippen molar-refractivity contribution in [3.8, 4) is 5.75 Å². The lowest BCUT2D eigenvalue weighted by Gasteiger charge is -2.06. The van der Waals surface area contributed by atoms with Crippen molar-refractivity contribution < 1.29 is 17.9 Å². The molecule has 3 rings (SSSR count). The summed E-state index contributed by atoms with van der Waals surface area (Å²) in [7, 11) is -3.06. The summed E-state index contributed by atoms with van der Waals surface area (Å²) >= 11 is 1.35. The third-order valence-corrected chi connectivity index (χ3v) is 6.21. The predicted molar refractivity (Wildman–Crippen MR) is 86.2 cm³/mol. The van der Waals surface area contributed by atoms with Crippen LogP contribution in [0.3, 0.4) is 0 Å². The lowest BCUT2D eigenvalue weighted by molar-refractivity contribution is -0.119. The van der Waals surface area contributed by atoms with Gasteiger partial charge in [-0.15, -0.1) is 0 Å². The molecule has 22 heavy (non-hydrogen) atoms. The SMILES string of the molecule is CCOc1ccc2nc(NC(=O)C3CCS(=O)(=O)C3)sc2c1. The molecule has 1 amide bonds. The van der Waals surface area contributed by atoms with Crippen LogP contribution >= 0.6 is 11.3 Å². The summed E-state index contributed by atoms with van der Waals surface area (Å²) in [6, 6.07) is 5.55. The Morgan fingerprint density at radius 3 is 3.00 bits per heavy atom. The van der Waals surface area contributed by atoms with Gasteiger partial charge in [-0.25, -0.2) is 13.4 Å². The Hall–Kier alpha value is -1.67. The highest BCUT2D eigenvalue weighted by Gasteiger charge is 2.33. The monoisotopic (exact) mass is 340 g/mol. The summed E-state index contributed by atoms with van der Waals surface area (Å²) < 4.78 is 29.2. The van der Waals surface area contributed by atoms with E-state index in [0.717, 1.165) is 16.0 Å². The molecule has 1 aromatic heterocycles. The number of hydrogen-bond acceptors (Lipinski definition) is 6. The second kappa shape index (κ2) is 5.85. The number of benzene rings is 1. The van der Waals surface area contributed by atoms with Gasteiger partial charge in [0.1, 0.15) is 5.75 Å². The molecule has 118 valence electrons. The zero-order valence-corrected chi connectivity index (χ0v) is 13.7. The number of fused-ring (bicyclic) bond motifs is 1. The molecule has 1 fully saturated rings. The van der Waals surface area contributed by atoms with Gasteiger partial charge >= 0.3 is 0 Å². The van der Waals surface area contributed by atoms with Crippen LogP contribution in [0.25, 0.3) is 10.2 Å². The number of thiazole rings is 1. The van der Waals surface area contributed by atoms with Crippen LogP contribution < -0.4 is 10.1 Å². The number of nitrogens with one attached hydrogen (secondary N) is 1. The summed E-state index contributed by atoms with van der Waals surface area (Å²) in [4.78, 5) is 16.5. The molecule has 1 aromatic carbocycles. The topological polar surface area (TPSA) is 85.4 Å². The highest BCUT2D eigenvalue weighted by atomic mass is 32.2. The average molecular weight is 340 g/mol. The summed E-state index contributed by atoms with van der Waals surface area (Å²) in [5, 5.41) is 3.21. The number of nitrogens with zero attached hydrogens (tertiary/aromatic N) is 1. The second-order valence-corrected chi connectivity index (χ2v) is 8.43. The Morgan fingerprint density at radius 1 is 1.50 bits per heavy atom. The van der Waals surface area contributed by atoms with E-state index >= 15 is 0 Å². The first-order valence-corrected chi connectivity index (χ1v) is 9.65. The lowest BCUT2D eigenvalue weighted by Crippen LogP contribution is -2.23. The number of rotatable bonds is 4. The fourth-order valence-electron chi connectivity index (χ4n) is 2.42. The maximum Gasteiger partial charge on any atom is 0.230 e. The molecule has 8 heteroatoms. The van der Waals surface area contributed by atoms with Gasteiger partial charge in [-0.3, -0.25) is 4.79 Å². The van der Waals surface area contributed by atoms with Crippen LogP contribution in [0, 0.1) is 5.92 Å². The number of ether oxygens (including phenoxy) is 1. The van der Waals surface area contributed by atoms with Crippen molar-refractivity contribution in [2.24, 2.45) is 5.92 Å². The Kier molecular flexibility index (Phi) is 4.05. The number of carbonyl (C=O) groups excluding carboxylic acids is 1. The van der Waals surface area contributed by atoms with Crippen molar-refractivity contribution in [1.29, 1.82) is 0 Å². The van der Waals surface area contributed by atoms with Crippen LogP contribution in [0.5, 0.6) is 5.75 Å². The summed E-state index contributed by atoms with van der Waals surface area (Å²) in [5.41, 5.74) is 0.780. The quantitative estimate of drug-likeness (QED) is 0.921. The van der Waals surface area contributed by atoms with E-state index in [1.807, 2.05) is 25.1 Å². The molecule has 0 aliphatic carbocycles. The Balaban J connectivity index is 1.75. The molecule has 1 saturated heterocycles. The van der Waals surface area contributed by atoms with Crippen LogP contribution in [-0.4, -0.2) is 37.4 Å². The fraction of sp³-hybridized carbons (Fsp3) is 0.429. The maximum atomic E-state index is 12.1. The maximum absolute atomic E-state index is 12.1.